The van der Waals surface area contributed by atoms with E-state index in [0.717, 1.165) is 18.6 Å². The predicted octanol–water partition coefficient (Wildman–Crippen LogP) is 2.21. The molecule has 2 amide bonds. The smallest absolute Gasteiger partial charge is 0.315 e. The molecule has 1 aromatic heterocycles. The molecule has 1 aromatic rings. The van der Waals surface area contributed by atoms with Crippen LogP contribution in [0.25, 0.3) is 0 Å². The fourth-order valence-electron chi connectivity index (χ4n) is 2.27. The molecule has 100 valence electrons. The lowest BCUT2D eigenvalue weighted by molar-refractivity contribution is 0.0849. The van der Waals surface area contributed by atoms with E-state index in [1.807, 2.05) is 6.07 Å². The summed E-state index contributed by atoms with van der Waals surface area (Å²) in [4.78, 5) is 11.7. The molecular formula is C13H20N2O3. The maximum absolute atomic E-state index is 11.7. The van der Waals surface area contributed by atoms with Crippen LogP contribution in [0.1, 0.15) is 37.5 Å². The highest BCUT2D eigenvalue weighted by molar-refractivity contribution is 5.74. The normalized spacial score (nSPS) is 17.6. The highest BCUT2D eigenvalue weighted by Gasteiger charge is 2.18. The summed E-state index contributed by atoms with van der Waals surface area (Å²) in [6.45, 7) is 0.405. The highest BCUT2D eigenvalue weighted by atomic mass is 16.5. The van der Waals surface area contributed by atoms with E-state index in [0.29, 0.717) is 12.6 Å². The Labute approximate surface area is 107 Å². The van der Waals surface area contributed by atoms with Gasteiger partial charge in [-0.15, -0.1) is 0 Å². The minimum atomic E-state index is -0.241. The van der Waals surface area contributed by atoms with Crippen molar-refractivity contribution >= 4 is 6.03 Å². The number of hydrogen-bond donors (Lipinski definition) is 2. The van der Waals surface area contributed by atoms with Gasteiger partial charge in [0.15, 0.2) is 0 Å². The van der Waals surface area contributed by atoms with Crippen LogP contribution in [0.5, 0.6) is 0 Å². The molecule has 1 atom stereocenters. The van der Waals surface area contributed by atoms with Gasteiger partial charge in [0.1, 0.15) is 11.9 Å². The molecule has 0 saturated heterocycles. The third kappa shape index (κ3) is 3.50. The van der Waals surface area contributed by atoms with E-state index >= 15 is 0 Å². The van der Waals surface area contributed by atoms with Crippen LogP contribution in [0, 0.1) is 0 Å². The van der Waals surface area contributed by atoms with Gasteiger partial charge in [-0.1, -0.05) is 12.8 Å². The standard InChI is InChI=1S/C13H20N2O3/c1-17-12(11-7-4-8-18-11)9-14-13(16)15-10-5-2-3-6-10/h4,7-8,10,12H,2-3,5-6,9H2,1H3,(H2,14,15,16). The maximum atomic E-state index is 11.7. The van der Waals surface area contributed by atoms with Gasteiger partial charge in [-0.3, -0.25) is 0 Å². The molecule has 0 radical (unpaired) electrons. The second-order valence-corrected chi connectivity index (χ2v) is 4.58. The van der Waals surface area contributed by atoms with Gasteiger partial charge in [0.2, 0.25) is 0 Å². The van der Waals surface area contributed by atoms with Gasteiger partial charge in [0.05, 0.1) is 12.8 Å². The Bertz CT molecular complexity index is 358. The average molecular weight is 252 g/mol. The van der Waals surface area contributed by atoms with Crippen molar-refractivity contribution in [3.05, 3.63) is 24.2 Å². The molecule has 1 unspecified atom stereocenters. The lowest BCUT2D eigenvalue weighted by Crippen LogP contribution is -2.42. The Kier molecular flexibility index (Phi) is 4.64. The fraction of sp³-hybridized carbons (Fsp3) is 0.615. The summed E-state index contributed by atoms with van der Waals surface area (Å²) >= 11 is 0. The van der Waals surface area contributed by atoms with Gasteiger partial charge >= 0.3 is 6.03 Å². The monoisotopic (exact) mass is 252 g/mol. The molecule has 0 aromatic carbocycles. The number of methoxy groups -OCH3 is 1. The van der Waals surface area contributed by atoms with Gasteiger partial charge in [-0.05, 0) is 25.0 Å². The van der Waals surface area contributed by atoms with Gasteiger partial charge in [-0.25, -0.2) is 4.79 Å². The number of ether oxygens (including phenoxy) is 1. The SMILES string of the molecule is COC(CNC(=O)NC1CCCC1)c1ccco1. The lowest BCUT2D eigenvalue weighted by Gasteiger charge is -2.16. The average Bonchev–Trinajstić information content (AvgIpc) is 3.02. The van der Waals surface area contributed by atoms with E-state index in [9.17, 15) is 4.79 Å². The Hall–Kier alpha value is -1.49. The van der Waals surface area contributed by atoms with Crippen molar-refractivity contribution < 1.29 is 13.9 Å². The second kappa shape index (κ2) is 6.44. The Morgan fingerprint density at radius 2 is 2.33 bits per heavy atom. The van der Waals surface area contributed by atoms with Crippen LogP contribution >= 0.6 is 0 Å². The molecule has 0 spiro atoms. The molecule has 5 heteroatoms. The molecule has 1 aliphatic rings. The number of urea groups is 1. The van der Waals surface area contributed by atoms with E-state index in [1.165, 1.54) is 12.8 Å². The zero-order chi connectivity index (χ0) is 12.8. The van der Waals surface area contributed by atoms with Crippen molar-refractivity contribution in [3.63, 3.8) is 0 Å². The van der Waals surface area contributed by atoms with Crippen molar-refractivity contribution in [1.82, 2.24) is 10.6 Å². The van der Waals surface area contributed by atoms with Gasteiger partial charge < -0.3 is 19.8 Å². The molecule has 2 rings (SSSR count). The van der Waals surface area contributed by atoms with Crippen LogP contribution in [0.3, 0.4) is 0 Å². The number of carbonyl (C=O) groups excluding carboxylic acids is 1. The van der Waals surface area contributed by atoms with Crippen LogP contribution in [0.15, 0.2) is 22.8 Å². The highest BCUT2D eigenvalue weighted by Crippen LogP contribution is 2.18. The van der Waals surface area contributed by atoms with E-state index in [-0.39, 0.29) is 12.1 Å². The summed E-state index contributed by atoms with van der Waals surface area (Å²) in [7, 11) is 1.60. The second-order valence-electron chi connectivity index (χ2n) is 4.58. The quantitative estimate of drug-likeness (QED) is 0.844. The molecule has 1 saturated carbocycles. The summed E-state index contributed by atoms with van der Waals surface area (Å²) in [6, 6.07) is 3.84. The summed E-state index contributed by atoms with van der Waals surface area (Å²) in [5, 5.41) is 5.78. The molecule has 1 fully saturated rings. The lowest BCUT2D eigenvalue weighted by atomic mass is 10.2. The number of amides is 2. The minimum absolute atomic E-state index is 0.129. The number of hydrogen-bond acceptors (Lipinski definition) is 3. The van der Waals surface area contributed by atoms with E-state index in [4.69, 9.17) is 9.15 Å². The van der Waals surface area contributed by atoms with E-state index in [1.54, 1.807) is 19.4 Å². The number of nitrogens with one attached hydrogen (secondary N) is 2. The summed E-state index contributed by atoms with van der Waals surface area (Å²) in [6.07, 6.45) is 5.93. The first-order chi connectivity index (χ1) is 8.79. The van der Waals surface area contributed by atoms with Crippen LogP contribution < -0.4 is 10.6 Å². The molecule has 1 heterocycles. The van der Waals surface area contributed by atoms with Crippen LogP contribution in [-0.2, 0) is 4.74 Å². The topological polar surface area (TPSA) is 63.5 Å². The van der Waals surface area contributed by atoms with Crippen molar-refractivity contribution in [2.24, 2.45) is 0 Å². The molecule has 2 N–H and O–H groups in total. The Balaban J connectivity index is 1.74. The Morgan fingerprint density at radius 1 is 1.56 bits per heavy atom. The van der Waals surface area contributed by atoms with Crippen molar-refractivity contribution in [2.75, 3.05) is 13.7 Å². The third-order valence-corrected chi connectivity index (χ3v) is 3.28. The molecule has 0 aliphatic heterocycles. The Morgan fingerprint density at radius 3 is 2.94 bits per heavy atom. The van der Waals surface area contributed by atoms with Gasteiger partial charge in [0, 0.05) is 13.2 Å². The first-order valence-corrected chi connectivity index (χ1v) is 6.40. The summed E-state index contributed by atoms with van der Waals surface area (Å²) in [5.41, 5.74) is 0. The minimum Gasteiger partial charge on any atom is -0.467 e. The van der Waals surface area contributed by atoms with Crippen LogP contribution in [0.4, 0.5) is 4.79 Å². The number of rotatable bonds is 5. The molecule has 5 nitrogen and oxygen atoms in total. The van der Waals surface area contributed by atoms with E-state index < -0.39 is 0 Å². The number of furan rings is 1. The molecule has 1 aliphatic carbocycles. The van der Waals surface area contributed by atoms with Crippen LogP contribution in [-0.4, -0.2) is 25.7 Å². The zero-order valence-electron chi connectivity index (χ0n) is 10.6. The summed E-state index contributed by atoms with van der Waals surface area (Å²) < 4.78 is 10.5. The van der Waals surface area contributed by atoms with Crippen molar-refractivity contribution in [1.29, 1.82) is 0 Å². The maximum Gasteiger partial charge on any atom is 0.315 e. The van der Waals surface area contributed by atoms with Gasteiger partial charge in [-0.2, -0.15) is 0 Å². The molecule has 0 bridgehead atoms. The molecule has 18 heavy (non-hydrogen) atoms. The fourth-order valence-corrected chi connectivity index (χ4v) is 2.27. The van der Waals surface area contributed by atoms with Crippen LogP contribution in [0.2, 0.25) is 0 Å². The first-order valence-electron chi connectivity index (χ1n) is 6.40. The summed E-state index contributed by atoms with van der Waals surface area (Å²) in [5.74, 6) is 0.721. The van der Waals surface area contributed by atoms with Crippen molar-refractivity contribution in [2.45, 2.75) is 37.8 Å². The first kappa shape index (κ1) is 13.0. The largest absolute Gasteiger partial charge is 0.467 e. The van der Waals surface area contributed by atoms with E-state index in [2.05, 4.69) is 10.6 Å². The van der Waals surface area contributed by atoms with Crippen molar-refractivity contribution in [3.8, 4) is 0 Å². The van der Waals surface area contributed by atoms with Gasteiger partial charge in [0.25, 0.3) is 0 Å². The number of carbonyl (C=O) groups is 1. The molecular weight excluding hydrogens is 232 g/mol. The predicted molar refractivity (Wildman–Crippen MR) is 67.2 cm³/mol. The zero-order valence-corrected chi connectivity index (χ0v) is 10.6. The third-order valence-electron chi connectivity index (χ3n) is 3.28.